The normalized spacial score (nSPS) is 31.5. The van der Waals surface area contributed by atoms with Crippen LogP contribution < -0.4 is 19.8 Å². The quantitative estimate of drug-likeness (QED) is 0.192. The third-order valence-corrected chi connectivity index (χ3v) is 10.7. The molecule has 3 fully saturated rings. The van der Waals surface area contributed by atoms with Gasteiger partial charge in [-0.3, -0.25) is 29.0 Å². The predicted molar refractivity (Wildman–Crippen MR) is 155 cm³/mol. The van der Waals surface area contributed by atoms with Crippen LogP contribution in [0.25, 0.3) is 0 Å². The molecule has 6 rings (SSSR count). The van der Waals surface area contributed by atoms with Gasteiger partial charge in [0.15, 0.2) is 21.2 Å². The van der Waals surface area contributed by atoms with Crippen LogP contribution in [0.5, 0.6) is 17.2 Å². The summed E-state index contributed by atoms with van der Waals surface area (Å²) in [4.78, 5) is 53.1. The van der Waals surface area contributed by atoms with Gasteiger partial charge in [-0.15, -0.1) is 23.2 Å². The van der Waals surface area contributed by atoms with Crippen molar-refractivity contribution in [3.63, 3.8) is 0 Å². The number of phenols is 1. The Balaban J connectivity index is 1.52. The van der Waals surface area contributed by atoms with Crippen molar-refractivity contribution in [2.75, 3.05) is 26.2 Å². The van der Waals surface area contributed by atoms with E-state index in [2.05, 4.69) is 0 Å². The van der Waals surface area contributed by atoms with E-state index in [1.807, 2.05) is 0 Å². The summed E-state index contributed by atoms with van der Waals surface area (Å²) >= 11 is 14.4. The smallest absolute Gasteiger partial charge is 0.488 e. The molecule has 2 aliphatic heterocycles. The molecule has 4 aliphatic rings. The summed E-state index contributed by atoms with van der Waals surface area (Å²) in [5.41, 5.74) is 1.19. The van der Waals surface area contributed by atoms with Crippen LogP contribution in [0.2, 0.25) is 0 Å². The van der Waals surface area contributed by atoms with Crippen molar-refractivity contribution in [1.29, 1.82) is 0 Å². The number of likely N-dealkylation sites (tertiary alicyclic amines) is 1. The zero-order valence-electron chi connectivity index (χ0n) is 23.3. The molecule has 0 unspecified atom stereocenters. The summed E-state index contributed by atoms with van der Waals surface area (Å²) in [5, 5.41) is 29.9. The summed E-state index contributed by atoms with van der Waals surface area (Å²) in [5.74, 6) is -6.26. The minimum absolute atomic E-state index is 0.0283. The van der Waals surface area contributed by atoms with Gasteiger partial charge >= 0.3 is 7.12 Å². The zero-order valence-corrected chi connectivity index (χ0v) is 24.8. The highest BCUT2D eigenvalue weighted by Crippen LogP contribution is 2.66. The number of nitrogens with zero attached hydrogens (tertiary/aromatic N) is 2. The fraction of sp³-hybridized carbons (Fsp3) is 0.379. The maximum atomic E-state index is 14.1. The highest BCUT2D eigenvalue weighted by atomic mass is 35.5. The first-order chi connectivity index (χ1) is 20.3. The zero-order chi connectivity index (χ0) is 31.2. The van der Waals surface area contributed by atoms with Crippen molar-refractivity contribution in [2.24, 2.45) is 17.8 Å². The van der Waals surface area contributed by atoms with Crippen LogP contribution in [-0.2, 0) is 19.2 Å². The average molecular weight is 629 g/mol. The minimum Gasteiger partial charge on any atom is -0.502 e. The number of allylic oxidation sites excluding steroid dienone is 2. The van der Waals surface area contributed by atoms with Gasteiger partial charge < -0.3 is 24.6 Å². The van der Waals surface area contributed by atoms with Gasteiger partial charge in [0.2, 0.25) is 17.6 Å². The van der Waals surface area contributed by atoms with Crippen molar-refractivity contribution in [3.8, 4) is 17.2 Å². The van der Waals surface area contributed by atoms with Gasteiger partial charge in [-0.25, -0.2) is 0 Å². The molecular weight excluding hydrogens is 602 g/mol. The number of carbonyl (C=O) groups is 4. The Hall–Kier alpha value is -3.58. The van der Waals surface area contributed by atoms with E-state index in [9.17, 15) is 34.3 Å². The number of amides is 4. The predicted octanol–water partition coefficient (Wildman–Crippen LogP) is 1.28. The topological polar surface area (TPSA) is 154 Å². The number of carbonyl (C=O) groups excluding carboxylic acids is 4. The summed E-state index contributed by atoms with van der Waals surface area (Å²) in [6.07, 6.45) is 1.73. The number of halogens is 2. The van der Waals surface area contributed by atoms with E-state index in [0.29, 0.717) is 11.1 Å². The maximum Gasteiger partial charge on any atom is 0.488 e. The summed E-state index contributed by atoms with van der Waals surface area (Å²) in [6, 6.07) is 8.80. The van der Waals surface area contributed by atoms with Crippen LogP contribution >= 0.6 is 23.2 Å². The standard InChI is InChI=1S/C29H27BCl2N2O9/c1-33-26(38)28(31)12-18-16(22(29(28,32)27(33)39)13-9-19(42-2)23(35)20(10-13)43-3)7-8-17-21(18)25(37)34(24(17)36)15-6-4-5-14(11-15)30(40)41/h4-7,9-11,17-18,21-22,35,40-41H,8,12H2,1-3H3/t17-,18+,21-,22-,28+,29-/m0/s1. The lowest BCUT2D eigenvalue weighted by Crippen LogP contribution is -2.60. The number of imide groups is 2. The largest absolute Gasteiger partial charge is 0.502 e. The summed E-state index contributed by atoms with van der Waals surface area (Å²) < 4.78 is 10.7. The number of rotatable bonds is 5. The molecule has 0 aromatic heterocycles. The molecule has 224 valence electrons. The Morgan fingerprint density at radius 3 is 2.21 bits per heavy atom. The van der Waals surface area contributed by atoms with Gasteiger partial charge in [-0.2, -0.15) is 0 Å². The second kappa shape index (κ2) is 9.98. The Morgan fingerprint density at radius 1 is 0.953 bits per heavy atom. The number of aromatic hydroxyl groups is 1. The SMILES string of the molecule is COc1cc([C@H]2C3=CC[C@@H]4C(=O)N(c5cccc(B(O)O)c5)C(=O)[C@@H]4[C@@H]3C[C@@]3(Cl)C(=O)N(C)C(=O)[C@@]23Cl)cc(OC)c1O. The van der Waals surface area contributed by atoms with E-state index in [-0.39, 0.29) is 41.2 Å². The lowest BCUT2D eigenvalue weighted by atomic mass is 9.56. The number of ether oxygens (including phenoxy) is 2. The summed E-state index contributed by atoms with van der Waals surface area (Å²) in [7, 11) is 2.17. The van der Waals surface area contributed by atoms with Crippen molar-refractivity contribution >= 4 is 65.1 Å². The number of benzene rings is 2. The van der Waals surface area contributed by atoms with Gasteiger partial charge in [-0.05, 0) is 54.1 Å². The number of hydrogen-bond acceptors (Lipinski definition) is 9. The number of hydrogen-bond donors (Lipinski definition) is 3. The van der Waals surface area contributed by atoms with Crippen LogP contribution in [0.3, 0.4) is 0 Å². The van der Waals surface area contributed by atoms with Crippen LogP contribution in [-0.4, -0.2) is 81.8 Å². The molecule has 6 atom stereocenters. The summed E-state index contributed by atoms with van der Waals surface area (Å²) in [6.45, 7) is 0. The van der Waals surface area contributed by atoms with E-state index >= 15 is 0 Å². The number of methoxy groups -OCH3 is 2. The second-order valence-corrected chi connectivity index (χ2v) is 12.5. The first kappa shape index (κ1) is 29.5. The number of anilines is 1. The first-order valence-electron chi connectivity index (χ1n) is 13.5. The number of fused-ring (bicyclic) bond motifs is 4. The highest BCUT2D eigenvalue weighted by Gasteiger charge is 2.76. The molecule has 14 heteroatoms. The molecule has 2 aromatic carbocycles. The number of phenolic OH excluding ortho intramolecular Hbond substituents is 1. The molecular formula is C29H27BCl2N2O9. The third kappa shape index (κ3) is 3.83. The van der Waals surface area contributed by atoms with Crippen molar-refractivity contribution in [1.82, 2.24) is 4.90 Å². The Kier molecular flexibility index (Phi) is 6.85. The Labute approximate surface area is 256 Å². The fourth-order valence-electron chi connectivity index (χ4n) is 7.28. The van der Waals surface area contributed by atoms with Crippen LogP contribution in [0.1, 0.15) is 24.3 Å². The van der Waals surface area contributed by atoms with Crippen molar-refractivity contribution < 1.29 is 43.8 Å². The van der Waals surface area contributed by atoms with Crippen molar-refractivity contribution in [3.05, 3.63) is 53.6 Å². The number of alkyl halides is 2. The molecule has 4 amide bonds. The van der Waals surface area contributed by atoms with Crippen molar-refractivity contribution in [2.45, 2.75) is 28.5 Å². The first-order valence-corrected chi connectivity index (χ1v) is 14.3. The second-order valence-electron chi connectivity index (χ2n) is 11.3. The molecule has 0 radical (unpaired) electrons. The van der Waals surface area contributed by atoms with Gasteiger partial charge in [-0.1, -0.05) is 23.8 Å². The Morgan fingerprint density at radius 2 is 1.60 bits per heavy atom. The minimum atomic E-state index is -2.01. The average Bonchev–Trinajstić information content (AvgIpc) is 3.32. The molecule has 0 bridgehead atoms. The molecule has 1 saturated carbocycles. The van der Waals surface area contributed by atoms with Gasteiger partial charge in [0, 0.05) is 13.0 Å². The monoisotopic (exact) mass is 628 g/mol. The van der Waals surface area contributed by atoms with E-state index in [4.69, 9.17) is 32.7 Å². The molecule has 2 saturated heterocycles. The van der Waals surface area contributed by atoms with E-state index in [1.165, 1.54) is 57.7 Å². The molecule has 3 N–H and O–H groups in total. The highest BCUT2D eigenvalue weighted by molar-refractivity contribution is 6.58. The molecule has 2 aromatic rings. The van der Waals surface area contributed by atoms with Crippen LogP contribution in [0.4, 0.5) is 5.69 Å². The molecule has 0 spiro atoms. The fourth-order valence-corrected chi connectivity index (χ4v) is 8.30. The third-order valence-electron chi connectivity index (χ3n) is 9.28. The molecule has 43 heavy (non-hydrogen) atoms. The molecule has 11 nitrogen and oxygen atoms in total. The lowest BCUT2D eigenvalue weighted by molar-refractivity contribution is -0.138. The van der Waals surface area contributed by atoms with Crippen LogP contribution in [0.15, 0.2) is 48.0 Å². The molecule has 2 aliphatic carbocycles. The van der Waals surface area contributed by atoms with Crippen LogP contribution in [0, 0.1) is 17.8 Å². The lowest BCUT2D eigenvalue weighted by Gasteiger charge is -2.50. The van der Waals surface area contributed by atoms with E-state index < -0.39 is 64.2 Å². The van der Waals surface area contributed by atoms with Gasteiger partial charge in [0.05, 0.1) is 31.7 Å². The van der Waals surface area contributed by atoms with Gasteiger partial charge in [0.25, 0.3) is 11.8 Å². The molecule has 2 heterocycles. The van der Waals surface area contributed by atoms with E-state index in [1.54, 1.807) is 6.08 Å². The van der Waals surface area contributed by atoms with Gasteiger partial charge in [0.1, 0.15) is 0 Å². The van der Waals surface area contributed by atoms with E-state index in [0.717, 1.165) is 9.80 Å². The maximum absolute atomic E-state index is 14.1. The Bertz CT molecular complexity index is 1610.